The van der Waals surface area contributed by atoms with Crippen molar-refractivity contribution in [1.82, 2.24) is 10.2 Å². The highest BCUT2D eigenvalue weighted by Crippen LogP contribution is 2.19. The molecule has 1 amide bonds. The molecule has 23 heavy (non-hydrogen) atoms. The summed E-state index contributed by atoms with van der Waals surface area (Å²) in [6.45, 7) is 9.01. The lowest BCUT2D eigenvalue weighted by Crippen LogP contribution is -2.38. The van der Waals surface area contributed by atoms with Crippen molar-refractivity contribution in [2.75, 3.05) is 26.7 Å². The Morgan fingerprint density at radius 1 is 1.30 bits per heavy atom. The first-order chi connectivity index (χ1) is 11.0. The number of benzene rings is 1. The maximum absolute atomic E-state index is 12.1. The molecule has 0 bridgehead atoms. The fourth-order valence-electron chi connectivity index (χ4n) is 2.94. The highest BCUT2D eigenvalue weighted by molar-refractivity contribution is 5.80. The Bertz CT molecular complexity index is 522. The molecule has 0 aromatic heterocycles. The van der Waals surface area contributed by atoms with Crippen LogP contribution in [0.4, 0.5) is 0 Å². The summed E-state index contributed by atoms with van der Waals surface area (Å²) in [6, 6.07) is 5.93. The van der Waals surface area contributed by atoms with Gasteiger partial charge in [-0.05, 0) is 89.3 Å². The Labute approximate surface area is 140 Å². The summed E-state index contributed by atoms with van der Waals surface area (Å²) in [4.78, 5) is 14.5. The van der Waals surface area contributed by atoms with Gasteiger partial charge in [0, 0.05) is 6.54 Å². The number of carbonyl (C=O) groups excluding carboxylic acids is 1. The largest absolute Gasteiger partial charge is 0.481 e. The number of hydrogen-bond donors (Lipinski definition) is 1. The van der Waals surface area contributed by atoms with Crippen LogP contribution in [0.25, 0.3) is 0 Å². The van der Waals surface area contributed by atoms with Crippen LogP contribution in [-0.2, 0) is 4.79 Å². The van der Waals surface area contributed by atoms with E-state index in [-0.39, 0.29) is 5.91 Å². The zero-order valence-electron chi connectivity index (χ0n) is 14.9. The smallest absolute Gasteiger partial charge is 0.260 e. The van der Waals surface area contributed by atoms with Gasteiger partial charge in [0.2, 0.25) is 0 Å². The molecule has 0 aliphatic carbocycles. The first kappa shape index (κ1) is 17.8. The van der Waals surface area contributed by atoms with Crippen molar-refractivity contribution in [2.24, 2.45) is 5.92 Å². The third-order valence-electron chi connectivity index (χ3n) is 4.85. The lowest BCUT2D eigenvalue weighted by Gasteiger charge is -2.29. The molecule has 1 fully saturated rings. The van der Waals surface area contributed by atoms with Crippen molar-refractivity contribution >= 4 is 5.91 Å². The molecule has 1 atom stereocenters. The van der Waals surface area contributed by atoms with Crippen LogP contribution in [0.5, 0.6) is 5.75 Å². The number of rotatable bonds is 6. The predicted molar refractivity (Wildman–Crippen MR) is 93.9 cm³/mol. The highest BCUT2D eigenvalue weighted by Gasteiger charge is 2.18. The van der Waals surface area contributed by atoms with Crippen molar-refractivity contribution in [3.05, 3.63) is 29.3 Å². The molecule has 1 aromatic rings. The predicted octanol–water partition coefficient (Wildman–Crippen LogP) is 2.92. The second-order valence-corrected chi connectivity index (χ2v) is 6.83. The fraction of sp³-hybridized carbons (Fsp3) is 0.632. The van der Waals surface area contributed by atoms with Crippen LogP contribution < -0.4 is 10.1 Å². The number of hydrogen-bond acceptors (Lipinski definition) is 3. The number of nitrogens with one attached hydrogen (secondary N) is 1. The van der Waals surface area contributed by atoms with Crippen LogP contribution in [0.3, 0.4) is 0 Å². The standard InChI is InChI=1S/C19H30N2O2/c1-14-5-6-18(13-15(14)2)23-16(3)19(22)20-10-7-17-8-11-21(4)12-9-17/h5-6,13,16-17H,7-12H2,1-4H3,(H,20,22)/t16-/m1/s1. The van der Waals surface area contributed by atoms with Crippen LogP contribution in [-0.4, -0.2) is 43.6 Å². The number of nitrogens with zero attached hydrogens (tertiary/aromatic N) is 1. The van der Waals surface area contributed by atoms with Gasteiger partial charge in [-0.25, -0.2) is 0 Å². The van der Waals surface area contributed by atoms with Gasteiger partial charge in [-0.15, -0.1) is 0 Å². The van der Waals surface area contributed by atoms with Crippen molar-refractivity contribution in [3.63, 3.8) is 0 Å². The maximum Gasteiger partial charge on any atom is 0.260 e. The second kappa shape index (κ2) is 8.34. The van der Waals surface area contributed by atoms with Crippen molar-refractivity contribution in [2.45, 2.75) is 46.1 Å². The van der Waals surface area contributed by atoms with E-state index in [0.29, 0.717) is 0 Å². The summed E-state index contributed by atoms with van der Waals surface area (Å²) in [7, 11) is 2.17. The monoisotopic (exact) mass is 318 g/mol. The van der Waals surface area contributed by atoms with Gasteiger partial charge in [0.05, 0.1) is 0 Å². The van der Waals surface area contributed by atoms with Gasteiger partial charge in [0.15, 0.2) is 6.10 Å². The quantitative estimate of drug-likeness (QED) is 0.877. The van der Waals surface area contributed by atoms with Crippen LogP contribution in [0, 0.1) is 19.8 Å². The van der Waals surface area contributed by atoms with Crippen LogP contribution in [0.2, 0.25) is 0 Å². The van der Waals surface area contributed by atoms with E-state index in [4.69, 9.17) is 4.74 Å². The van der Waals surface area contributed by atoms with Crippen molar-refractivity contribution in [1.29, 1.82) is 0 Å². The lowest BCUT2D eigenvalue weighted by molar-refractivity contribution is -0.127. The number of ether oxygens (including phenoxy) is 1. The topological polar surface area (TPSA) is 41.6 Å². The van der Waals surface area contributed by atoms with Crippen LogP contribution in [0.15, 0.2) is 18.2 Å². The maximum atomic E-state index is 12.1. The Hall–Kier alpha value is -1.55. The molecule has 1 aliphatic heterocycles. The zero-order valence-corrected chi connectivity index (χ0v) is 14.9. The van der Waals surface area contributed by atoms with E-state index < -0.39 is 6.10 Å². The fourth-order valence-corrected chi connectivity index (χ4v) is 2.94. The van der Waals surface area contributed by atoms with E-state index in [0.717, 1.165) is 24.6 Å². The number of piperidine rings is 1. The summed E-state index contributed by atoms with van der Waals surface area (Å²) in [5.41, 5.74) is 2.41. The Morgan fingerprint density at radius 3 is 2.65 bits per heavy atom. The molecule has 0 radical (unpaired) electrons. The Morgan fingerprint density at radius 2 is 2.00 bits per heavy atom. The van der Waals surface area contributed by atoms with E-state index in [1.165, 1.54) is 37.1 Å². The molecule has 2 rings (SSSR count). The molecule has 0 saturated carbocycles. The van der Waals surface area contributed by atoms with Crippen molar-refractivity contribution in [3.8, 4) is 5.75 Å². The van der Waals surface area contributed by atoms with E-state index >= 15 is 0 Å². The highest BCUT2D eigenvalue weighted by atomic mass is 16.5. The molecule has 1 aliphatic rings. The summed E-state index contributed by atoms with van der Waals surface area (Å²) in [6.07, 6.45) is 3.08. The molecule has 4 heteroatoms. The first-order valence-corrected chi connectivity index (χ1v) is 8.66. The molecule has 4 nitrogen and oxygen atoms in total. The van der Waals surface area contributed by atoms with Crippen LogP contribution in [0.1, 0.15) is 37.3 Å². The minimum absolute atomic E-state index is 0.0313. The Balaban J connectivity index is 1.71. The number of amides is 1. The minimum Gasteiger partial charge on any atom is -0.481 e. The summed E-state index contributed by atoms with van der Waals surface area (Å²) < 4.78 is 5.75. The molecule has 0 unspecified atom stereocenters. The van der Waals surface area contributed by atoms with Gasteiger partial charge in [-0.2, -0.15) is 0 Å². The molecule has 1 aromatic carbocycles. The van der Waals surface area contributed by atoms with E-state index in [1.807, 2.05) is 18.2 Å². The van der Waals surface area contributed by atoms with Crippen molar-refractivity contribution < 1.29 is 9.53 Å². The van der Waals surface area contributed by atoms with Gasteiger partial charge in [-0.1, -0.05) is 6.07 Å². The van der Waals surface area contributed by atoms with E-state index in [9.17, 15) is 4.79 Å². The third kappa shape index (κ3) is 5.54. The molecular weight excluding hydrogens is 288 g/mol. The molecule has 1 N–H and O–H groups in total. The molecule has 1 saturated heterocycles. The van der Waals surface area contributed by atoms with Crippen LogP contribution >= 0.6 is 0 Å². The van der Waals surface area contributed by atoms with Gasteiger partial charge >= 0.3 is 0 Å². The minimum atomic E-state index is -0.463. The average Bonchev–Trinajstić information content (AvgIpc) is 2.52. The number of likely N-dealkylation sites (tertiary alicyclic amines) is 1. The summed E-state index contributed by atoms with van der Waals surface area (Å²) in [5.74, 6) is 1.46. The second-order valence-electron chi connectivity index (χ2n) is 6.83. The Kier molecular flexibility index (Phi) is 6.46. The number of aryl methyl sites for hydroxylation is 2. The molecule has 1 heterocycles. The lowest BCUT2D eigenvalue weighted by atomic mass is 9.94. The van der Waals surface area contributed by atoms with Gasteiger partial charge in [0.1, 0.15) is 5.75 Å². The zero-order chi connectivity index (χ0) is 16.8. The normalized spacial score (nSPS) is 17.7. The van der Waals surface area contributed by atoms with E-state index in [1.54, 1.807) is 6.92 Å². The van der Waals surface area contributed by atoms with Gasteiger partial charge in [-0.3, -0.25) is 4.79 Å². The molecule has 0 spiro atoms. The average molecular weight is 318 g/mol. The van der Waals surface area contributed by atoms with Gasteiger partial charge in [0.25, 0.3) is 5.91 Å². The third-order valence-corrected chi connectivity index (χ3v) is 4.85. The molecular formula is C19H30N2O2. The molecule has 128 valence electrons. The summed E-state index contributed by atoms with van der Waals surface area (Å²) >= 11 is 0. The van der Waals surface area contributed by atoms with Gasteiger partial charge < -0.3 is 15.0 Å². The van der Waals surface area contributed by atoms with E-state index in [2.05, 4.69) is 31.1 Å². The SMILES string of the molecule is Cc1ccc(O[C@H](C)C(=O)NCCC2CCN(C)CC2)cc1C. The number of carbonyl (C=O) groups is 1. The first-order valence-electron chi connectivity index (χ1n) is 8.66. The summed E-state index contributed by atoms with van der Waals surface area (Å²) in [5, 5.41) is 3.01.